The molecule has 4 atom stereocenters. The monoisotopic (exact) mass is 570 g/mol. The summed E-state index contributed by atoms with van der Waals surface area (Å²) in [4.78, 5) is 38.5. The lowest BCUT2D eigenvalue weighted by atomic mass is 9.67. The van der Waals surface area contributed by atoms with Crippen LogP contribution in [0.25, 0.3) is 21.1 Å². The highest BCUT2D eigenvalue weighted by molar-refractivity contribution is 8.01. The Morgan fingerprint density at radius 1 is 1.20 bits per heavy atom. The summed E-state index contributed by atoms with van der Waals surface area (Å²) in [6.07, 6.45) is 3.74. The van der Waals surface area contributed by atoms with E-state index in [-0.39, 0.29) is 11.8 Å². The predicted molar refractivity (Wildman–Crippen MR) is 154 cm³/mol. The number of carbonyl (C=O) groups excluding carboxylic acids is 2. The van der Waals surface area contributed by atoms with E-state index in [9.17, 15) is 14.9 Å². The molecule has 2 aromatic carbocycles. The van der Waals surface area contributed by atoms with Crippen molar-refractivity contribution in [3.8, 4) is 11.8 Å². The Balaban J connectivity index is 1.16. The van der Waals surface area contributed by atoms with Crippen molar-refractivity contribution in [1.82, 2.24) is 9.97 Å². The molecule has 4 aromatic rings. The average molecular weight is 571 g/mol. The summed E-state index contributed by atoms with van der Waals surface area (Å²) >= 11 is 3.29. The van der Waals surface area contributed by atoms with Crippen LogP contribution in [0.5, 0.6) is 5.75 Å². The normalized spacial score (nSPS) is 27.1. The maximum absolute atomic E-state index is 14.1. The topological polar surface area (TPSA) is 105 Å². The average Bonchev–Trinajstić information content (AvgIpc) is 3.66. The van der Waals surface area contributed by atoms with Crippen LogP contribution in [-0.2, 0) is 14.3 Å². The summed E-state index contributed by atoms with van der Waals surface area (Å²) in [5, 5.41) is 10.2. The summed E-state index contributed by atoms with van der Waals surface area (Å²) in [5.74, 6) is 0.0540. The number of imide groups is 1. The largest absolute Gasteiger partial charge is 0.494 e. The van der Waals surface area contributed by atoms with Crippen LogP contribution in [0.1, 0.15) is 38.7 Å². The van der Waals surface area contributed by atoms with Crippen LogP contribution in [-0.4, -0.2) is 45.3 Å². The van der Waals surface area contributed by atoms with E-state index >= 15 is 0 Å². The van der Waals surface area contributed by atoms with Crippen molar-refractivity contribution in [1.29, 1.82) is 5.26 Å². The number of fused-ring (bicyclic) bond motifs is 7. The number of pyridine rings is 1. The van der Waals surface area contributed by atoms with Crippen molar-refractivity contribution >= 4 is 61.7 Å². The second-order valence-corrected chi connectivity index (χ2v) is 13.1. The van der Waals surface area contributed by atoms with E-state index in [4.69, 9.17) is 14.5 Å². The number of thiazole rings is 1. The lowest BCUT2D eigenvalue weighted by Gasteiger charge is -2.31. The van der Waals surface area contributed by atoms with Gasteiger partial charge in [0.1, 0.15) is 11.8 Å². The molecular formula is C30H26N4O4S2. The fourth-order valence-corrected chi connectivity index (χ4v) is 9.07. The van der Waals surface area contributed by atoms with Gasteiger partial charge < -0.3 is 9.47 Å². The Bertz CT molecular complexity index is 1750. The Kier molecular flexibility index (Phi) is 5.89. The number of rotatable bonds is 7. The molecule has 8 nitrogen and oxygen atoms in total. The molecule has 0 aliphatic carbocycles. The summed E-state index contributed by atoms with van der Waals surface area (Å²) in [7, 11) is 0. The molecule has 3 fully saturated rings. The third-order valence-electron chi connectivity index (χ3n) is 8.52. The highest BCUT2D eigenvalue weighted by Gasteiger charge is 2.73. The standard InChI is InChI=1S/C30H26N4O4S2/c1-3-37-18-7-8-20-22(15-18)40-28(33-20)39-14-12-30-11-10-29(2,38-30)23-24(30)27(36)34(26(23)35)21-9-6-17(16-31)25-19(21)5-4-13-32-25/h4-9,13,15,23-24H,3,10-12,14H2,1-2H3/t23-,24+,29-,30-/m1/s1. The number of amides is 2. The van der Waals surface area contributed by atoms with Crippen molar-refractivity contribution in [3.63, 3.8) is 0 Å². The van der Waals surface area contributed by atoms with E-state index in [1.54, 1.807) is 47.5 Å². The number of benzene rings is 2. The highest BCUT2D eigenvalue weighted by atomic mass is 32.2. The zero-order valence-corrected chi connectivity index (χ0v) is 23.7. The lowest BCUT2D eigenvalue weighted by molar-refractivity contribution is -0.130. The summed E-state index contributed by atoms with van der Waals surface area (Å²) in [6, 6.07) is 15.0. The number of aromatic nitrogens is 2. The van der Waals surface area contributed by atoms with Crippen molar-refractivity contribution in [2.45, 2.75) is 48.7 Å². The van der Waals surface area contributed by atoms with Crippen LogP contribution < -0.4 is 9.64 Å². The van der Waals surface area contributed by atoms with Crippen molar-refractivity contribution in [2.24, 2.45) is 11.8 Å². The SMILES string of the molecule is CCOc1ccc2nc(SCC[C@@]34CC[C@@](C)(O3)[C@H]3C(=O)N(c5ccc(C#N)c6ncccc56)C(=O)[C@H]34)sc2c1. The molecule has 40 heavy (non-hydrogen) atoms. The van der Waals surface area contributed by atoms with Gasteiger partial charge in [-0.3, -0.25) is 14.6 Å². The lowest BCUT2D eigenvalue weighted by Crippen LogP contribution is -2.42. The maximum Gasteiger partial charge on any atom is 0.240 e. The number of anilines is 1. The molecule has 0 unspecified atom stereocenters. The van der Waals surface area contributed by atoms with Gasteiger partial charge >= 0.3 is 0 Å². The Morgan fingerprint density at radius 2 is 2.05 bits per heavy atom. The first-order valence-corrected chi connectivity index (χ1v) is 15.2. The molecule has 3 saturated heterocycles. The van der Waals surface area contributed by atoms with Gasteiger partial charge in [0, 0.05) is 17.3 Å². The van der Waals surface area contributed by atoms with Crippen LogP contribution >= 0.6 is 23.1 Å². The second kappa shape index (κ2) is 9.26. The van der Waals surface area contributed by atoms with E-state index in [2.05, 4.69) is 11.1 Å². The van der Waals surface area contributed by atoms with E-state index in [1.807, 2.05) is 38.1 Å². The predicted octanol–water partition coefficient (Wildman–Crippen LogP) is 5.72. The van der Waals surface area contributed by atoms with Crippen LogP contribution in [0, 0.1) is 23.2 Å². The molecule has 0 spiro atoms. The van der Waals surface area contributed by atoms with Gasteiger partial charge in [0.25, 0.3) is 0 Å². The van der Waals surface area contributed by atoms with E-state index in [0.29, 0.717) is 35.2 Å². The molecule has 2 bridgehead atoms. The highest BCUT2D eigenvalue weighted by Crippen LogP contribution is 2.62. The zero-order chi connectivity index (χ0) is 27.6. The Labute approximate surface area is 239 Å². The van der Waals surface area contributed by atoms with Crippen LogP contribution in [0.4, 0.5) is 5.69 Å². The molecular weight excluding hydrogens is 544 g/mol. The van der Waals surface area contributed by atoms with E-state index in [1.165, 1.54) is 4.90 Å². The number of hydrogen-bond acceptors (Lipinski definition) is 9. The number of carbonyl (C=O) groups is 2. The molecule has 2 aromatic heterocycles. The smallest absolute Gasteiger partial charge is 0.240 e. The van der Waals surface area contributed by atoms with E-state index < -0.39 is 23.0 Å². The van der Waals surface area contributed by atoms with Gasteiger partial charge in [-0.1, -0.05) is 11.8 Å². The van der Waals surface area contributed by atoms with Crippen LogP contribution in [0.3, 0.4) is 0 Å². The number of thioether (sulfide) groups is 1. The van der Waals surface area contributed by atoms with Gasteiger partial charge in [-0.25, -0.2) is 9.88 Å². The zero-order valence-electron chi connectivity index (χ0n) is 22.0. The third-order valence-corrected chi connectivity index (χ3v) is 10.7. The van der Waals surface area contributed by atoms with Crippen LogP contribution in [0.15, 0.2) is 53.0 Å². The fourth-order valence-electron chi connectivity index (χ4n) is 6.80. The number of nitrogens with zero attached hydrogens (tertiary/aromatic N) is 4. The Hall–Kier alpha value is -3.52. The van der Waals surface area contributed by atoms with Gasteiger partial charge in [-0.15, -0.1) is 11.3 Å². The molecule has 5 heterocycles. The summed E-state index contributed by atoms with van der Waals surface area (Å²) < 4.78 is 14.3. The molecule has 2 amide bonds. The quantitative estimate of drug-likeness (QED) is 0.205. The summed E-state index contributed by atoms with van der Waals surface area (Å²) in [5.41, 5.74) is 0.958. The third kappa shape index (κ3) is 3.68. The molecule has 0 N–H and O–H groups in total. The first-order chi connectivity index (χ1) is 19.4. The molecule has 7 rings (SSSR count). The molecule has 0 saturated carbocycles. The minimum atomic E-state index is -0.687. The van der Waals surface area contributed by atoms with Gasteiger partial charge in [0.15, 0.2) is 4.34 Å². The molecule has 202 valence electrons. The fraction of sp³-hybridized carbons (Fsp3) is 0.367. The second-order valence-electron chi connectivity index (χ2n) is 10.7. The molecule has 3 aliphatic rings. The van der Waals surface area contributed by atoms with Crippen LogP contribution in [0.2, 0.25) is 0 Å². The summed E-state index contributed by atoms with van der Waals surface area (Å²) in [6.45, 7) is 4.56. The Morgan fingerprint density at radius 3 is 2.88 bits per heavy atom. The van der Waals surface area contributed by atoms with Gasteiger partial charge in [0.05, 0.1) is 56.6 Å². The first kappa shape index (κ1) is 25.4. The number of hydrogen-bond donors (Lipinski definition) is 0. The number of ether oxygens (including phenoxy) is 2. The van der Waals surface area contributed by atoms with Crippen molar-refractivity contribution in [3.05, 3.63) is 54.2 Å². The maximum atomic E-state index is 14.1. The van der Waals surface area contributed by atoms with Gasteiger partial charge in [-0.05, 0) is 75.6 Å². The van der Waals surface area contributed by atoms with Gasteiger partial charge in [0.2, 0.25) is 11.8 Å². The molecule has 10 heteroatoms. The minimum absolute atomic E-state index is 0.221. The molecule has 3 aliphatic heterocycles. The first-order valence-electron chi connectivity index (χ1n) is 13.4. The van der Waals surface area contributed by atoms with E-state index in [0.717, 1.165) is 38.9 Å². The molecule has 0 radical (unpaired) electrons. The van der Waals surface area contributed by atoms with Crippen molar-refractivity contribution in [2.75, 3.05) is 17.3 Å². The number of nitriles is 1. The van der Waals surface area contributed by atoms with Gasteiger partial charge in [-0.2, -0.15) is 5.26 Å². The van der Waals surface area contributed by atoms with Crippen molar-refractivity contribution < 1.29 is 19.1 Å². The minimum Gasteiger partial charge on any atom is -0.494 e.